The third kappa shape index (κ3) is 2.05. The summed E-state index contributed by atoms with van der Waals surface area (Å²) in [5, 5.41) is 8.70. The third-order valence-corrected chi connectivity index (χ3v) is 2.55. The summed E-state index contributed by atoms with van der Waals surface area (Å²) in [4.78, 5) is 22.1. The van der Waals surface area contributed by atoms with Gasteiger partial charge in [0.2, 0.25) is 5.78 Å². The predicted octanol–water partition coefficient (Wildman–Crippen LogP) is 0.730. The molecule has 0 aliphatic carbocycles. The van der Waals surface area contributed by atoms with E-state index in [0.717, 1.165) is 0 Å². The van der Waals surface area contributed by atoms with Gasteiger partial charge in [-0.3, -0.25) is 9.59 Å². The Morgan fingerprint density at radius 3 is 2.88 bits per heavy atom. The maximum atomic E-state index is 11.5. The fraction of sp³-hybridized carbons (Fsp3) is 0.167. The summed E-state index contributed by atoms with van der Waals surface area (Å²) in [6.45, 7) is 3.48. The van der Waals surface area contributed by atoms with E-state index >= 15 is 0 Å². The highest BCUT2D eigenvalue weighted by atomic mass is 16.5. The summed E-state index contributed by atoms with van der Waals surface area (Å²) < 4.78 is 5.17. The number of allylic oxidation sites excluding steroid dienone is 1. The molecule has 0 radical (unpaired) electrons. The van der Waals surface area contributed by atoms with E-state index in [2.05, 4.69) is 6.58 Å². The number of nitrogens with two attached hydrogens (primary N) is 1. The minimum Gasteiger partial charge on any atom is -0.480 e. The zero-order valence-electron chi connectivity index (χ0n) is 8.97. The molecular formula is C12H11NO4. The fourth-order valence-corrected chi connectivity index (χ4v) is 1.64. The van der Waals surface area contributed by atoms with Gasteiger partial charge in [-0.1, -0.05) is 12.6 Å². The van der Waals surface area contributed by atoms with Gasteiger partial charge in [-0.15, -0.1) is 0 Å². The second-order valence-electron chi connectivity index (χ2n) is 3.83. The first-order chi connectivity index (χ1) is 7.99. The van der Waals surface area contributed by atoms with Crippen LogP contribution in [0.5, 0.6) is 5.75 Å². The average Bonchev–Trinajstić information content (AvgIpc) is 2.54. The van der Waals surface area contributed by atoms with E-state index in [4.69, 9.17) is 15.6 Å². The zero-order valence-corrected chi connectivity index (χ0v) is 8.97. The Labute approximate surface area is 97.5 Å². The minimum absolute atomic E-state index is 0.0830. The predicted molar refractivity (Wildman–Crippen MR) is 59.9 cm³/mol. The van der Waals surface area contributed by atoms with E-state index in [9.17, 15) is 9.59 Å². The Kier molecular flexibility index (Phi) is 2.69. The number of ether oxygens (including phenoxy) is 1. The third-order valence-electron chi connectivity index (χ3n) is 2.55. The van der Waals surface area contributed by atoms with Gasteiger partial charge in [0.05, 0.1) is 5.56 Å². The molecule has 0 amide bonds. The number of hydrogen-bond acceptors (Lipinski definition) is 4. The van der Waals surface area contributed by atoms with E-state index in [0.29, 0.717) is 16.9 Å². The first-order valence-corrected chi connectivity index (χ1v) is 5.02. The molecule has 0 saturated carbocycles. The number of carbonyl (C=O) groups excluding carboxylic acids is 1. The van der Waals surface area contributed by atoms with E-state index in [1.54, 1.807) is 18.2 Å². The Morgan fingerprint density at radius 1 is 1.53 bits per heavy atom. The molecule has 1 aromatic carbocycles. The average molecular weight is 233 g/mol. The number of aliphatic carboxylic acids is 1. The van der Waals surface area contributed by atoms with Gasteiger partial charge in [0.25, 0.3) is 0 Å². The molecule has 3 N–H and O–H groups in total. The van der Waals surface area contributed by atoms with Crippen molar-refractivity contribution < 1.29 is 19.4 Å². The van der Waals surface area contributed by atoms with Crippen LogP contribution in [0.4, 0.5) is 0 Å². The highest BCUT2D eigenvalue weighted by Crippen LogP contribution is 2.31. The molecule has 0 saturated heterocycles. The molecule has 0 fully saturated rings. The van der Waals surface area contributed by atoms with Crippen molar-refractivity contribution in [3.63, 3.8) is 0 Å². The maximum Gasteiger partial charge on any atom is 0.320 e. The number of Topliss-reactive ketones (excluding diaryl/α,β-unsaturated/α-hetero) is 1. The first kappa shape index (κ1) is 11.3. The van der Waals surface area contributed by atoms with Gasteiger partial charge >= 0.3 is 5.97 Å². The zero-order chi connectivity index (χ0) is 12.6. The van der Waals surface area contributed by atoms with Crippen molar-refractivity contribution >= 4 is 11.8 Å². The quantitative estimate of drug-likeness (QED) is 0.751. The lowest BCUT2D eigenvalue weighted by molar-refractivity contribution is -0.138. The van der Waals surface area contributed by atoms with Gasteiger partial charge in [-0.05, 0) is 24.1 Å². The molecule has 1 aromatic rings. The topological polar surface area (TPSA) is 89.6 Å². The molecule has 2 rings (SSSR count). The molecular weight excluding hydrogens is 222 g/mol. The lowest BCUT2D eigenvalue weighted by atomic mass is 10.0. The molecule has 5 nitrogen and oxygen atoms in total. The highest BCUT2D eigenvalue weighted by molar-refractivity contribution is 6.11. The molecule has 0 spiro atoms. The van der Waals surface area contributed by atoms with Crippen molar-refractivity contribution in [2.75, 3.05) is 0 Å². The van der Waals surface area contributed by atoms with E-state index < -0.39 is 12.0 Å². The van der Waals surface area contributed by atoms with Crippen LogP contribution in [0.25, 0.3) is 0 Å². The summed E-state index contributed by atoms with van der Waals surface area (Å²) in [6.07, 6.45) is 0.187. The summed E-state index contributed by atoms with van der Waals surface area (Å²) >= 11 is 0. The number of carboxylic acids is 1. The van der Waals surface area contributed by atoms with Gasteiger partial charge in [0, 0.05) is 0 Å². The first-order valence-electron chi connectivity index (χ1n) is 5.02. The SMILES string of the molecule is C=C1Oc2cc(C[C@H](N)C(=O)O)ccc2C1=O. The van der Waals surface area contributed by atoms with E-state index in [1.165, 1.54) is 0 Å². The fourth-order valence-electron chi connectivity index (χ4n) is 1.64. The molecule has 1 heterocycles. The summed E-state index contributed by atoms with van der Waals surface area (Å²) in [5.41, 5.74) is 6.58. The van der Waals surface area contributed by atoms with Crippen molar-refractivity contribution in [2.24, 2.45) is 5.73 Å². The van der Waals surface area contributed by atoms with Crippen LogP contribution in [-0.2, 0) is 11.2 Å². The highest BCUT2D eigenvalue weighted by Gasteiger charge is 2.26. The van der Waals surface area contributed by atoms with Crippen molar-refractivity contribution in [1.82, 2.24) is 0 Å². The monoisotopic (exact) mass is 233 g/mol. The van der Waals surface area contributed by atoms with Crippen molar-refractivity contribution in [1.29, 1.82) is 0 Å². The molecule has 0 unspecified atom stereocenters. The van der Waals surface area contributed by atoms with Crippen LogP contribution in [0.3, 0.4) is 0 Å². The van der Waals surface area contributed by atoms with Crippen LogP contribution in [0.15, 0.2) is 30.5 Å². The van der Waals surface area contributed by atoms with Crippen molar-refractivity contribution in [3.05, 3.63) is 41.7 Å². The number of carboxylic acid groups (broad SMARTS) is 1. The van der Waals surface area contributed by atoms with Crippen molar-refractivity contribution in [3.8, 4) is 5.75 Å². The van der Waals surface area contributed by atoms with Gasteiger partial charge < -0.3 is 15.6 Å². The Hall–Kier alpha value is -2.14. The summed E-state index contributed by atoms with van der Waals surface area (Å²) in [5.74, 6) is -0.809. The van der Waals surface area contributed by atoms with Crippen LogP contribution in [0.2, 0.25) is 0 Å². The number of fused-ring (bicyclic) bond motifs is 1. The van der Waals surface area contributed by atoms with Crippen LogP contribution >= 0.6 is 0 Å². The van der Waals surface area contributed by atoms with Gasteiger partial charge in [-0.25, -0.2) is 0 Å². The molecule has 1 atom stereocenters. The van der Waals surface area contributed by atoms with Gasteiger partial charge in [0.1, 0.15) is 11.8 Å². The number of rotatable bonds is 3. The normalized spacial score (nSPS) is 15.4. The number of hydrogen-bond donors (Lipinski definition) is 2. The lowest BCUT2D eigenvalue weighted by Gasteiger charge is -2.07. The summed E-state index contributed by atoms with van der Waals surface area (Å²) in [6, 6.07) is 3.92. The number of carbonyl (C=O) groups is 2. The van der Waals surface area contributed by atoms with Crippen LogP contribution in [-0.4, -0.2) is 22.9 Å². The van der Waals surface area contributed by atoms with Crippen LogP contribution < -0.4 is 10.5 Å². The maximum absolute atomic E-state index is 11.5. The number of benzene rings is 1. The van der Waals surface area contributed by atoms with Crippen molar-refractivity contribution in [2.45, 2.75) is 12.5 Å². The van der Waals surface area contributed by atoms with Crippen LogP contribution in [0.1, 0.15) is 15.9 Å². The van der Waals surface area contributed by atoms with Gasteiger partial charge in [0.15, 0.2) is 5.76 Å². The van der Waals surface area contributed by atoms with E-state index in [1.807, 2.05) is 0 Å². The molecule has 17 heavy (non-hydrogen) atoms. The lowest BCUT2D eigenvalue weighted by Crippen LogP contribution is -2.32. The van der Waals surface area contributed by atoms with E-state index in [-0.39, 0.29) is 18.0 Å². The van der Waals surface area contributed by atoms with Crippen LogP contribution in [0, 0.1) is 0 Å². The molecule has 88 valence electrons. The standard InChI is InChI=1S/C12H11NO4/c1-6-11(14)8-3-2-7(5-10(8)17-6)4-9(13)12(15)16/h2-3,5,9H,1,4,13H2,(H,15,16)/t9-/m0/s1. The Bertz CT molecular complexity index is 521. The smallest absolute Gasteiger partial charge is 0.320 e. The molecule has 1 aliphatic rings. The molecule has 1 aliphatic heterocycles. The Balaban J connectivity index is 2.24. The number of ketones is 1. The second kappa shape index (κ2) is 4.03. The minimum atomic E-state index is -1.06. The molecule has 0 bridgehead atoms. The second-order valence-corrected chi connectivity index (χ2v) is 3.83. The largest absolute Gasteiger partial charge is 0.480 e. The Morgan fingerprint density at radius 2 is 2.24 bits per heavy atom. The molecule has 5 heteroatoms. The molecule has 0 aromatic heterocycles. The van der Waals surface area contributed by atoms with Gasteiger partial charge in [-0.2, -0.15) is 0 Å². The summed E-state index contributed by atoms with van der Waals surface area (Å²) in [7, 11) is 0.